The Morgan fingerprint density at radius 1 is 1.38 bits per heavy atom. The van der Waals surface area contributed by atoms with Gasteiger partial charge in [0.2, 0.25) is 9.04 Å². The van der Waals surface area contributed by atoms with Gasteiger partial charge in [0.1, 0.15) is 12.0 Å². The van der Waals surface area contributed by atoms with E-state index < -0.39 is 17.4 Å². The van der Waals surface area contributed by atoms with Crippen molar-refractivity contribution in [2.45, 2.75) is 32.6 Å². The van der Waals surface area contributed by atoms with E-state index in [0.717, 1.165) is 11.6 Å². The first kappa shape index (κ1) is 17.7. The van der Waals surface area contributed by atoms with E-state index in [1.807, 2.05) is 18.7 Å². The van der Waals surface area contributed by atoms with E-state index in [4.69, 9.17) is 8.85 Å². The van der Waals surface area contributed by atoms with E-state index >= 15 is 0 Å². The summed E-state index contributed by atoms with van der Waals surface area (Å²) in [7, 11) is -3.18. The minimum atomic E-state index is -1.97. The maximum absolute atomic E-state index is 11.4. The Kier molecular flexibility index (Phi) is 6.38. The van der Waals surface area contributed by atoms with Gasteiger partial charge in [-0.1, -0.05) is 24.8 Å². The highest BCUT2D eigenvalue weighted by Crippen LogP contribution is 2.22. The van der Waals surface area contributed by atoms with Gasteiger partial charge in [0.25, 0.3) is 0 Å². The zero-order chi connectivity index (χ0) is 16.0. The molecule has 1 aromatic carbocycles. The molecule has 0 aliphatic rings. The molecule has 0 atom stereocenters. The molecule has 0 bridgehead atoms. The topological polar surface area (TPSA) is 55.8 Å². The molecule has 4 nitrogen and oxygen atoms in total. The number of hydrogen-bond acceptors (Lipinski definition) is 4. The number of aromatic hydroxyl groups is 1. The minimum absolute atomic E-state index is 0.306. The highest BCUT2D eigenvalue weighted by Gasteiger charge is 2.27. The predicted octanol–water partition coefficient (Wildman–Crippen LogP) is 2.98. The number of benzene rings is 1. The van der Waals surface area contributed by atoms with Gasteiger partial charge in [-0.05, 0) is 44.2 Å². The molecule has 0 aromatic heterocycles. The van der Waals surface area contributed by atoms with Crippen molar-refractivity contribution in [1.29, 1.82) is 0 Å². The third-order valence-electron chi connectivity index (χ3n) is 2.81. The van der Waals surface area contributed by atoms with Crippen molar-refractivity contribution < 1.29 is 18.8 Å². The number of carbonyl (C=O) groups is 1. The van der Waals surface area contributed by atoms with Crippen LogP contribution in [-0.4, -0.2) is 34.7 Å². The average molecular weight is 324 g/mol. The number of esters is 1. The highest BCUT2D eigenvalue weighted by molar-refractivity contribution is 6.77. The molecule has 0 saturated heterocycles. The first-order valence-corrected chi connectivity index (χ1v) is 12.1. The van der Waals surface area contributed by atoms with Gasteiger partial charge in [-0.3, -0.25) is 0 Å². The molecule has 21 heavy (non-hydrogen) atoms. The molecule has 115 valence electrons. The second kappa shape index (κ2) is 7.58. The first-order chi connectivity index (χ1) is 9.71. The normalized spacial score (nSPS) is 11.5. The van der Waals surface area contributed by atoms with Crippen LogP contribution in [0.3, 0.4) is 0 Å². The summed E-state index contributed by atoms with van der Waals surface area (Å²) < 4.78 is 11.3. The van der Waals surface area contributed by atoms with Gasteiger partial charge >= 0.3 is 5.97 Å². The molecule has 1 N–H and O–H groups in total. The van der Waals surface area contributed by atoms with Crippen molar-refractivity contribution in [2.24, 2.45) is 0 Å². The van der Waals surface area contributed by atoms with Gasteiger partial charge in [-0.15, -0.1) is 0 Å². The summed E-state index contributed by atoms with van der Waals surface area (Å²) in [6.45, 7) is 11.4. The van der Waals surface area contributed by atoms with Gasteiger partial charge < -0.3 is 14.0 Å². The second-order valence-electron chi connectivity index (χ2n) is 5.73. The van der Waals surface area contributed by atoms with Crippen LogP contribution in [-0.2, 0) is 19.7 Å². The third-order valence-corrected chi connectivity index (χ3v) is 8.20. The van der Waals surface area contributed by atoms with E-state index in [1.54, 1.807) is 19.1 Å². The lowest BCUT2D eigenvalue weighted by molar-refractivity contribution is -0.137. The molecule has 0 saturated carbocycles. The zero-order valence-electron chi connectivity index (χ0n) is 13.1. The number of ether oxygens (including phenoxy) is 1. The van der Waals surface area contributed by atoms with E-state index in [-0.39, 0.29) is 5.97 Å². The molecule has 6 heteroatoms. The monoisotopic (exact) mass is 323 g/mol. The van der Waals surface area contributed by atoms with E-state index in [0.29, 0.717) is 17.6 Å². The average Bonchev–Trinajstić information content (AvgIpc) is 2.37. The van der Waals surface area contributed by atoms with Gasteiger partial charge in [0, 0.05) is 5.57 Å². The van der Waals surface area contributed by atoms with Gasteiger partial charge in [0.05, 0.1) is 0 Å². The van der Waals surface area contributed by atoms with Crippen LogP contribution in [0.2, 0.25) is 19.6 Å². The summed E-state index contributed by atoms with van der Waals surface area (Å²) in [6, 6.07) is 8.05. The lowest BCUT2D eigenvalue weighted by Crippen LogP contribution is -2.41. The minimum Gasteiger partial charge on any atom is -0.508 e. The van der Waals surface area contributed by atoms with E-state index in [9.17, 15) is 9.90 Å². The predicted molar refractivity (Wildman–Crippen MR) is 87.8 cm³/mol. The largest absolute Gasteiger partial charge is 0.508 e. The Bertz CT molecular complexity index is 514. The Balaban J connectivity index is 2.53. The van der Waals surface area contributed by atoms with Gasteiger partial charge in [-0.25, -0.2) is 4.79 Å². The summed E-state index contributed by atoms with van der Waals surface area (Å²) in [5.74, 6) is -0.0663. The van der Waals surface area contributed by atoms with Crippen molar-refractivity contribution >= 4 is 23.3 Å². The Labute approximate surface area is 129 Å². The molecule has 0 unspecified atom stereocenters. The van der Waals surface area contributed by atoms with Crippen LogP contribution in [0.4, 0.5) is 0 Å². The van der Waals surface area contributed by atoms with Crippen molar-refractivity contribution in [2.75, 3.05) is 6.23 Å². The maximum Gasteiger partial charge on any atom is 0.332 e. The summed E-state index contributed by atoms with van der Waals surface area (Å²) in [6.07, 6.45) is 0.313. The number of phenols is 1. The highest BCUT2D eigenvalue weighted by atomic mass is 28.4. The van der Waals surface area contributed by atoms with Crippen LogP contribution < -0.4 is 0 Å². The quantitative estimate of drug-likeness (QED) is 0.476. The van der Waals surface area contributed by atoms with Crippen LogP contribution in [0.15, 0.2) is 36.4 Å². The van der Waals surface area contributed by atoms with Crippen molar-refractivity contribution in [3.05, 3.63) is 42.0 Å². The van der Waals surface area contributed by atoms with Crippen LogP contribution >= 0.6 is 0 Å². The fourth-order valence-electron chi connectivity index (χ4n) is 1.95. The molecular formula is C15H23O4Si2. The molecule has 0 amide bonds. The molecular weight excluding hydrogens is 300 g/mol. The molecule has 0 aliphatic carbocycles. The van der Waals surface area contributed by atoms with E-state index in [2.05, 4.69) is 19.7 Å². The molecule has 0 heterocycles. The van der Waals surface area contributed by atoms with Crippen molar-refractivity contribution in [3.8, 4) is 5.75 Å². The lowest BCUT2D eigenvalue weighted by Gasteiger charge is -2.27. The smallest absolute Gasteiger partial charge is 0.332 e. The number of carbonyl (C=O) groups excluding carboxylic acids is 1. The summed E-state index contributed by atoms with van der Waals surface area (Å²) >= 11 is 0. The maximum atomic E-state index is 11.4. The van der Waals surface area contributed by atoms with E-state index in [1.165, 1.54) is 0 Å². The molecule has 1 rings (SSSR count). The third kappa shape index (κ3) is 6.28. The second-order valence-corrected chi connectivity index (χ2v) is 12.1. The van der Waals surface area contributed by atoms with Crippen LogP contribution in [0.25, 0.3) is 0 Å². The summed E-state index contributed by atoms with van der Waals surface area (Å²) in [5.41, 5.74) is 1.30. The first-order valence-electron chi connectivity index (χ1n) is 6.82. The van der Waals surface area contributed by atoms with Crippen LogP contribution in [0, 0.1) is 0 Å². The Morgan fingerprint density at radius 2 is 2.00 bits per heavy atom. The molecule has 1 aromatic rings. The number of hydrogen-bond donors (Lipinski definition) is 1. The van der Waals surface area contributed by atoms with Crippen molar-refractivity contribution in [1.82, 2.24) is 0 Å². The summed E-state index contributed by atoms with van der Waals surface area (Å²) in [4.78, 5) is 11.4. The number of para-hydroxylation sites is 1. The lowest BCUT2D eigenvalue weighted by atomic mass is 10.2. The van der Waals surface area contributed by atoms with Crippen LogP contribution in [0.1, 0.15) is 12.5 Å². The Morgan fingerprint density at radius 3 is 2.57 bits per heavy atom. The zero-order valence-corrected chi connectivity index (χ0v) is 15.1. The standard InChI is InChI=1S/C15H23O4Si2/c1-12(2)15(17)18-11-20(3)19-21(4,5)10-13-8-6-7-9-14(13)16/h6-9,16H,1,10-11H2,2-5H3. The molecule has 0 fully saturated rings. The van der Waals surface area contributed by atoms with Crippen molar-refractivity contribution in [3.63, 3.8) is 0 Å². The Hall–Kier alpha value is -1.38. The molecule has 1 radical (unpaired) electrons. The van der Waals surface area contributed by atoms with Gasteiger partial charge in [-0.2, -0.15) is 0 Å². The summed E-state index contributed by atoms with van der Waals surface area (Å²) in [5, 5.41) is 9.84. The van der Waals surface area contributed by atoms with Gasteiger partial charge in [0.15, 0.2) is 8.32 Å². The van der Waals surface area contributed by atoms with Crippen LogP contribution in [0.5, 0.6) is 5.75 Å². The fourth-order valence-corrected chi connectivity index (χ4v) is 7.79. The SMILES string of the molecule is C=C(C)C(=O)OC[Si](C)O[Si](C)(C)Cc1ccccc1O. The molecule has 0 aliphatic heterocycles. The number of phenolic OH excluding ortho intramolecular Hbond substituents is 1. The fraction of sp³-hybridized carbons (Fsp3) is 0.400. The number of rotatable bonds is 7. The molecule has 0 spiro atoms.